The Morgan fingerprint density at radius 1 is 1.12 bits per heavy atom. The van der Waals surface area contributed by atoms with Crippen LogP contribution in [0.25, 0.3) is 11.0 Å². The van der Waals surface area contributed by atoms with Crippen molar-refractivity contribution in [3.05, 3.63) is 63.1 Å². The second-order valence-electron chi connectivity index (χ2n) is 4.93. The van der Waals surface area contributed by atoms with Crippen molar-refractivity contribution in [2.75, 3.05) is 11.1 Å². The van der Waals surface area contributed by atoms with Crippen LogP contribution in [0.2, 0.25) is 0 Å². The first-order valence-electron chi connectivity index (χ1n) is 6.90. The van der Waals surface area contributed by atoms with Crippen LogP contribution in [0.5, 0.6) is 0 Å². The molecule has 3 N–H and O–H groups in total. The highest BCUT2D eigenvalue weighted by atomic mass is 32.2. The van der Waals surface area contributed by atoms with Gasteiger partial charge >= 0.3 is 5.69 Å². The summed E-state index contributed by atoms with van der Waals surface area (Å²) in [6, 6.07) is 11.1. The SMILES string of the molecule is O=C(CSc1ccc([N+](=O)[O-])cc1)Nc1ccc2[nH]c(=O)[nH]c2c1. The molecule has 0 saturated heterocycles. The van der Waals surface area contributed by atoms with E-state index in [4.69, 9.17) is 0 Å². The number of imidazole rings is 1. The predicted molar refractivity (Wildman–Crippen MR) is 91.4 cm³/mol. The van der Waals surface area contributed by atoms with Gasteiger partial charge in [-0.1, -0.05) is 0 Å². The number of benzene rings is 2. The lowest BCUT2D eigenvalue weighted by Gasteiger charge is -2.05. The van der Waals surface area contributed by atoms with Crippen LogP contribution in [-0.4, -0.2) is 26.6 Å². The fourth-order valence-electron chi connectivity index (χ4n) is 2.12. The molecule has 0 atom stereocenters. The highest BCUT2D eigenvalue weighted by Gasteiger charge is 2.08. The van der Waals surface area contributed by atoms with Crippen molar-refractivity contribution in [2.24, 2.45) is 0 Å². The number of hydrogen-bond acceptors (Lipinski definition) is 5. The van der Waals surface area contributed by atoms with E-state index in [0.29, 0.717) is 16.7 Å². The summed E-state index contributed by atoms with van der Waals surface area (Å²) in [6.07, 6.45) is 0. The summed E-state index contributed by atoms with van der Waals surface area (Å²) in [5.41, 5.74) is 1.56. The lowest BCUT2D eigenvalue weighted by Crippen LogP contribution is -2.13. The van der Waals surface area contributed by atoms with Gasteiger partial charge in [-0.05, 0) is 30.3 Å². The number of carbonyl (C=O) groups excluding carboxylic acids is 1. The number of anilines is 1. The van der Waals surface area contributed by atoms with E-state index in [0.717, 1.165) is 4.90 Å². The van der Waals surface area contributed by atoms with E-state index in [1.807, 2.05) is 0 Å². The molecule has 0 unspecified atom stereocenters. The number of rotatable bonds is 5. The van der Waals surface area contributed by atoms with Crippen LogP contribution >= 0.6 is 11.8 Å². The largest absolute Gasteiger partial charge is 0.325 e. The number of aromatic nitrogens is 2. The quantitative estimate of drug-likeness (QED) is 0.373. The molecule has 1 aromatic heterocycles. The number of nitrogens with one attached hydrogen (secondary N) is 3. The zero-order valence-corrected chi connectivity index (χ0v) is 13.1. The van der Waals surface area contributed by atoms with Gasteiger partial charge in [0.1, 0.15) is 0 Å². The van der Waals surface area contributed by atoms with Gasteiger partial charge in [0.05, 0.1) is 21.7 Å². The first-order valence-corrected chi connectivity index (χ1v) is 7.89. The minimum Gasteiger partial charge on any atom is -0.325 e. The molecule has 0 aliphatic heterocycles. The van der Waals surface area contributed by atoms with Gasteiger partial charge in [-0.25, -0.2) is 4.79 Å². The summed E-state index contributed by atoms with van der Waals surface area (Å²) in [4.78, 5) is 39.3. The average Bonchev–Trinajstić information content (AvgIpc) is 2.92. The van der Waals surface area contributed by atoms with E-state index in [-0.39, 0.29) is 23.0 Å². The summed E-state index contributed by atoms with van der Waals surface area (Å²) >= 11 is 1.28. The molecule has 122 valence electrons. The summed E-state index contributed by atoms with van der Waals surface area (Å²) in [7, 11) is 0. The number of thioether (sulfide) groups is 1. The monoisotopic (exact) mass is 344 g/mol. The molecule has 0 aliphatic rings. The molecule has 0 spiro atoms. The van der Waals surface area contributed by atoms with Crippen LogP contribution in [0.15, 0.2) is 52.2 Å². The Kier molecular flexibility index (Phi) is 4.34. The Morgan fingerprint density at radius 2 is 1.83 bits per heavy atom. The lowest BCUT2D eigenvalue weighted by atomic mass is 10.3. The van der Waals surface area contributed by atoms with Gasteiger partial charge in [0.25, 0.3) is 5.69 Å². The van der Waals surface area contributed by atoms with E-state index in [9.17, 15) is 19.7 Å². The fourth-order valence-corrected chi connectivity index (χ4v) is 2.82. The van der Waals surface area contributed by atoms with Crippen LogP contribution in [0.1, 0.15) is 0 Å². The summed E-state index contributed by atoms with van der Waals surface area (Å²) in [6.45, 7) is 0. The van der Waals surface area contributed by atoms with Gasteiger partial charge < -0.3 is 15.3 Å². The van der Waals surface area contributed by atoms with Gasteiger partial charge in [0.15, 0.2) is 0 Å². The molecule has 3 rings (SSSR count). The van der Waals surface area contributed by atoms with Crippen molar-refractivity contribution in [1.29, 1.82) is 0 Å². The van der Waals surface area contributed by atoms with E-state index in [1.54, 1.807) is 30.3 Å². The highest BCUT2D eigenvalue weighted by Crippen LogP contribution is 2.22. The molecule has 9 heteroatoms. The fraction of sp³-hybridized carbons (Fsp3) is 0.0667. The van der Waals surface area contributed by atoms with Crippen molar-refractivity contribution >= 4 is 40.1 Å². The Bertz CT molecular complexity index is 962. The maximum absolute atomic E-state index is 12.0. The van der Waals surface area contributed by atoms with Crippen LogP contribution in [0.3, 0.4) is 0 Å². The zero-order valence-electron chi connectivity index (χ0n) is 12.2. The smallest absolute Gasteiger partial charge is 0.323 e. The van der Waals surface area contributed by atoms with E-state index in [2.05, 4.69) is 15.3 Å². The molecule has 0 saturated carbocycles. The molecule has 1 heterocycles. The Balaban J connectivity index is 1.60. The molecule has 8 nitrogen and oxygen atoms in total. The summed E-state index contributed by atoms with van der Waals surface area (Å²) in [5.74, 6) is -0.0462. The third-order valence-electron chi connectivity index (χ3n) is 3.22. The molecule has 2 aromatic carbocycles. The zero-order chi connectivity index (χ0) is 17.1. The standard InChI is InChI=1S/C15H12N4O4S/c20-14(8-24-11-4-2-10(3-5-11)19(22)23)16-9-1-6-12-13(7-9)18-15(21)17-12/h1-7H,8H2,(H,16,20)(H2,17,18,21). The van der Waals surface area contributed by atoms with Crippen LogP contribution < -0.4 is 11.0 Å². The van der Waals surface area contributed by atoms with Crippen molar-refractivity contribution in [3.63, 3.8) is 0 Å². The first-order chi connectivity index (χ1) is 11.5. The van der Waals surface area contributed by atoms with E-state index in [1.165, 1.54) is 23.9 Å². The number of fused-ring (bicyclic) bond motifs is 1. The minimum atomic E-state index is -0.470. The number of nitrogens with zero attached hydrogens (tertiary/aromatic N) is 1. The van der Waals surface area contributed by atoms with Crippen LogP contribution in [0, 0.1) is 10.1 Å². The third kappa shape index (κ3) is 3.63. The number of H-pyrrole nitrogens is 2. The first kappa shape index (κ1) is 15.8. The van der Waals surface area contributed by atoms with Gasteiger partial charge in [0.2, 0.25) is 5.91 Å². The number of amides is 1. The number of aromatic amines is 2. The molecular formula is C15H12N4O4S. The maximum atomic E-state index is 12.0. The van der Waals surface area contributed by atoms with E-state index < -0.39 is 4.92 Å². The molecule has 0 fully saturated rings. The summed E-state index contributed by atoms with van der Waals surface area (Å²) in [5, 5.41) is 13.3. The molecule has 0 aliphatic carbocycles. The number of carbonyl (C=O) groups is 1. The number of nitro benzene ring substituents is 1. The normalized spacial score (nSPS) is 10.7. The van der Waals surface area contributed by atoms with Crippen molar-refractivity contribution in [2.45, 2.75) is 4.90 Å². The highest BCUT2D eigenvalue weighted by molar-refractivity contribution is 8.00. The van der Waals surface area contributed by atoms with Crippen LogP contribution in [0.4, 0.5) is 11.4 Å². The van der Waals surface area contributed by atoms with Crippen molar-refractivity contribution < 1.29 is 9.72 Å². The van der Waals surface area contributed by atoms with E-state index >= 15 is 0 Å². The van der Waals surface area contributed by atoms with Crippen LogP contribution in [-0.2, 0) is 4.79 Å². The van der Waals surface area contributed by atoms with Crippen molar-refractivity contribution in [1.82, 2.24) is 9.97 Å². The van der Waals surface area contributed by atoms with Crippen molar-refractivity contribution in [3.8, 4) is 0 Å². The molecule has 0 bridgehead atoms. The Morgan fingerprint density at radius 3 is 2.54 bits per heavy atom. The predicted octanol–water partition coefficient (Wildman–Crippen LogP) is 2.50. The second-order valence-corrected chi connectivity index (χ2v) is 5.98. The number of non-ortho nitro benzene ring substituents is 1. The second kappa shape index (κ2) is 6.59. The maximum Gasteiger partial charge on any atom is 0.323 e. The molecule has 0 radical (unpaired) electrons. The summed E-state index contributed by atoms with van der Waals surface area (Å²) < 4.78 is 0. The Labute approximate surface area is 139 Å². The van der Waals surface area contributed by atoms with Gasteiger partial charge in [0, 0.05) is 22.7 Å². The van der Waals surface area contributed by atoms with Gasteiger partial charge in [-0.15, -0.1) is 11.8 Å². The number of hydrogen-bond donors (Lipinski definition) is 3. The number of nitro groups is 1. The third-order valence-corrected chi connectivity index (χ3v) is 4.23. The Hall–Kier alpha value is -3.07. The molecule has 1 amide bonds. The minimum absolute atomic E-state index is 0.0117. The molecular weight excluding hydrogens is 332 g/mol. The molecule has 24 heavy (non-hydrogen) atoms. The topological polar surface area (TPSA) is 121 Å². The molecule has 3 aromatic rings. The van der Waals surface area contributed by atoms with Gasteiger partial charge in [-0.2, -0.15) is 0 Å². The lowest BCUT2D eigenvalue weighted by molar-refractivity contribution is -0.384. The van der Waals surface area contributed by atoms with Gasteiger partial charge in [-0.3, -0.25) is 14.9 Å². The average molecular weight is 344 g/mol.